The minimum absolute atomic E-state index is 0.356. The third-order valence-corrected chi connectivity index (χ3v) is 2.94. The molecule has 0 aromatic heterocycles. The molecular weight excluding hydrogens is 320 g/mol. The number of carbonyl (C=O) groups excluding carboxylic acids is 3. The third-order valence-electron chi connectivity index (χ3n) is 2.35. The lowest BCUT2D eigenvalue weighted by Crippen LogP contribution is -2.46. The van der Waals surface area contributed by atoms with Gasteiger partial charge in [-0.3, -0.25) is 14.4 Å². The van der Waals surface area contributed by atoms with Crippen LogP contribution in [0.2, 0.25) is 0 Å². The second-order valence-corrected chi connectivity index (χ2v) is 5.13. The zero-order chi connectivity index (χ0) is 14.6. The van der Waals surface area contributed by atoms with E-state index < -0.39 is 36.2 Å². The molecule has 0 saturated carbocycles. The first kappa shape index (κ1) is 15.7. The number of ether oxygens (including phenoxy) is 3. The van der Waals surface area contributed by atoms with Crippen molar-refractivity contribution in [3.05, 3.63) is 10.6 Å². The van der Waals surface area contributed by atoms with Crippen molar-refractivity contribution in [1.82, 2.24) is 0 Å². The lowest BCUT2D eigenvalue weighted by Gasteiger charge is -2.33. The first-order valence-electron chi connectivity index (χ1n) is 5.67. The summed E-state index contributed by atoms with van der Waals surface area (Å²) in [5.74, 6) is -1.54. The Kier molecular flexibility index (Phi) is 5.53. The van der Waals surface area contributed by atoms with Crippen LogP contribution in [0.25, 0.3) is 0 Å². The van der Waals surface area contributed by atoms with Gasteiger partial charge in [-0.1, -0.05) is 15.9 Å². The lowest BCUT2D eigenvalue weighted by molar-refractivity contribution is -0.179. The molecule has 3 atom stereocenters. The summed E-state index contributed by atoms with van der Waals surface area (Å²) < 4.78 is 16.0. The van der Waals surface area contributed by atoms with Crippen molar-refractivity contribution in [2.45, 2.75) is 45.5 Å². The topological polar surface area (TPSA) is 78.9 Å². The maximum Gasteiger partial charge on any atom is 0.303 e. The van der Waals surface area contributed by atoms with Crippen LogP contribution in [-0.4, -0.2) is 36.2 Å². The standard InChI is InChI=1S/C12H15BrO6/c1-6(14)17-10-4-9(13)5-11(18-7(2)15)12(10)19-8(3)16/h4,10-12H,5H2,1-3H3/t10-,11-,12-/m1/s1. The summed E-state index contributed by atoms with van der Waals surface area (Å²) in [7, 11) is 0. The summed E-state index contributed by atoms with van der Waals surface area (Å²) in [6.07, 6.45) is -0.338. The Balaban J connectivity index is 2.96. The number of hydrogen-bond donors (Lipinski definition) is 0. The first-order valence-corrected chi connectivity index (χ1v) is 6.46. The SMILES string of the molecule is CC(=O)O[C@@H]1[C@H](OC(C)=O)C=C(Br)C[C@H]1OC(C)=O. The van der Waals surface area contributed by atoms with Gasteiger partial charge in [0.2, 0.25) is 0 Å². The molecule has 1 aliphatic rings. The monoisotopic (exact) mass is 334 g/mol. The summed E-state index contributed by atoms with van der Waals surface area (Å²) in [6.45, 7) is 3.75. The number of carbonyl (C=O) groups is 3. The Labute approximate surface area is 119 Å². The zero-order valence-corrected chi connectivity index (χ0v) is 12.4. The normalized spacial score (nSPS) is 26.1. The fourth-order valence-electron chi connectivity index (χ4n) is 1.81. The highest BCUT2D eigenvalue weighted by atomic mass is 79.9. The molecule has 0 N–H and O–H groups in total. The summed E-state index contributed by atoms with van der Waals surface area (Å²) in [5.41, 5.74) is 0. The largest absolute Gasteiger partial charge is 0.458 e. The predicted molar refractivity (Wildman–Crippen MR) is 68.3 cm³/mol. The van der Waals surface area contributed by atoms with Gasteiger partial charge < -0.3 is 14.2 Å². The quantitative estimate of drug-likeness (QED) is 0.574. The molecule has 0 saturated heterocycles. The molecular formula is C12H15BrO6. The average molecular weight is 335 g/mol. The maximum absolute atomic E-state index is 11.1. The molecule has 0 unspecified atom stereocenters. The molecule has 6 nitrogen and oxygen atoms in total. The van der Waals surface area contributed by atoms with Crippen LogP contribution in [0.3, 0.4) is 0 Å². The molecule has 0 fully saturated rings. The molecule has 0 aromatic rings. The number of hydrogen-bond acceptors (Lipinski definition) is 6. The fourth-order valence-corrected chi connectivity index (χ4v) is 2.39. The van der Waals surface area contributed by atoms with E-state index in [1.807, 2.05) is 0 Å². The minimum atomic E-state index is -0.841. The average Bonchev–Trinajstić information content (AvgIpc) is 2.20. The van der Waals surface area contributed by atoms with Crippen LogP contribution in [0.5, 0.6) is 0 Å². The molecule has 1 rings (SSSR count). The zero-order valence-electron chi connectivity index (χ0n) is 10.8. The van der Waals surface area contributed by atoms with Gasteiger partial charge in [0.1, 0.15) is 6.10 Å². The van der Waals surface area contributed by atoms with E-state index in [1.165, 1.54) is 20.8 Å². The van der Waals surface area contributed by atoms with Gasteiger partial charge in [-0.2, -0.15) is 0 Å². The minimum Gasteiger partial charge on any atom is -0.458 e. The second-order valence-electron chi connectivity index (χ2n) is 4.11. The van der Waals surface area contributed by atoms with Gasteiger partial charge in [-0.05, 0) is 10.6 Å². The van der Waals surface area contributed by atoms with E-state index in [2.05, 4.69) is 15.9 Å². The maximum atomic E-state index is 11.1. The summed E-state index contributed by atoms with van der Waals surface area (Å²) in [6, 6.07) is 0. The van der Waals surface area contributed by atoms with E-state index in [1.54, 1.807) is 6.08 Å². The van der Waals surface area contributed by atoms with Gasteiger partial charge in [-0.25, -0.2) is 0 Å². The molecule has 7 heteroatoms. The van der Waals surface area contributed by atoms with E-state index in [0.29, 0.717) is 10.9 Å². The van der Waals surface area contributed by atoms with Crippen molar-refractivity contribution in [1.29, 1.82) is 0 Å². The van der Waals surface area contributed by atoms with Crippen LogP contribution in [0.1, 0.15) is 27.2 Å². The highest BCUT2D eigenvalue weighted by Crippen LogP contribution is 2.29. The van der Waals surface area contributed by atoms with Crippen LogP contribution in [-0.2, 0) is 28.6 Å². The molecule has 0 amide bonds. The van der Waals surface area contributed by atoms with Crippen LogP contribution >= 0.6 is 15.9 Å². The molecule has 0 bridgehead atoms. The molecule has 19 heavy (non-hydrogen) atoms. The van der Waals surface area contributed by atoms with Gasteiger partial charge in [-0.15, -0.1) is 0 Å². The third kappa shape index (κ3) is 5.02. The molecule has 106 valence electrons. The van der Waals surface area contributed by atoms with Crippen molar-refractivity contribution < 1.29 is 28.6 Å². The summed E-state index contributed by atoms with van der Waals surface area (Å²) >= 11 is 3.28. The molecule has 0 spiro atoms. The highest BCUT2D eigenvalue weighted by Gasteiger charge is 2.39. The van der Waals surface area contributed by atoms with Crippen molar-refractivity contribution >= 4 is 33.8 Å². The van der Waals surface area contributed by atoms with Gasteiger partial charge in [0, 0.05) is 27.2 Å². The Morgan fingerprint density at radius 1 is 1.05 bits per heavy atom. The molecule has 0 radical (unpaired) electrons. The number of esters is 3. The van der Waals surface area contributed by atoms with Crippen molar-refractivity contribution in [2.75, 3.05) is 0 Å². The summed E-state index contributed by atoms with van der Waals surface area (Å²) in [5, 5.41) is 0. The van der Waals surface area contributed by atoms with E-state index in [-0.39, 0.29) is 0 Å². The van der Waals surface area contributed by atoms with E-state index in [4.69, 9.17) is 14.2 Å². The first-order chi connectivity index (χ1) is 8.79. The van der Waals surface area contributed by atoms with E-state index in [9.17, 15) is 14.4 Å². The Morgan fingerprint density at radius 3 is 2.05 bits per heavy atom. The van der Waals surface area contributed by atoms with Gasteiger partial charge >= 0.3 is 17.9 Å². The molecule has 0 aliphatic heterocycles. The van der Waals surface area contributed by atoms with Crippen molar-refractivity contribution in [3.8, 4) is 0 Å². The van der Waals surface area contributed by atoms with Gasteiger partial charge in [0.25, 0.3) is 0 Å². The van der Waals surface area contributed by atoms with Gasteiger partial charge in [0.15, 0.2) is 12.2 Å². The van der Waals surface area contributed by atoms with E-state index >= 15 is 0 Å². The second kappa shape index (κ2) is 6.70. The molecule has 0 heterocycles. The lowest BCUT2D eigenvalue weighted by atomic mass is 9.98. The summed E-state index contributed by atoms with van der Waals surface area (Å²) in [4.78, 5) is 33.3. The Morgan fingerprint density at radius 2 is 1.58 bits per heavy atom. The fraction of sp³-hybridized carbons (Fsp3) is 0.583. The highest BCUT2D eigenvalue weighted by molar-refractivity contribution is 9.11. The molecule has 0 aromatic carbocycles. The smallest absolute Gasteiger partial charge is 0.303 e. The van der Waals surface area contributed by atoms with Crippen molar-refractivity contribution in [2.24, 2.45) is 0 Å². The van der Waals surface area contributed by atoms with E-state index in [0.717, 1.165) is 0 Å². The molecule has 1 aliphatic carbocycles. The van der Waals surface area contributed by atoms with Crippen molar-refractivity contribution in [3.63, 3.8) is 0 Å². The Bertz CT molecular complexity index is 416. The van der Waals surface area contributed by atoms with Gasteiger partial charge in [0.05, 0.1) is 0 Å². The Hall–Kier alpha value is -1.37. The number of halogens is 1. The van der Waals surface area contributed by atoms with Crippen LogP contribution in [0, 0.1) is 0 Å². The van der Waals surface area contributed by atoms with Crippen LogP contribution in [0.15, 0.2) is 10.6 Å². The predicted octanol–water partition coefficient (Wildman–Crippen LogP) is 1.46. The van der Waals surface area contributed by atoms with Crippen LogP contribution < -0.4 is 0 Å². The van der Waals surface area contributed by atoms with Crippen LogP contribution in [0.4, 0.5) is 0 Å². The number of rotatable bonds is 3.